The number of hydrogen-bond acceptors (Lipinski definition) is 6. The Labute approximate surface area is 132 Å². The number of thiazole rings is 1. The lowest BCUT2D eigenvalue weighted by molar-refractivity contribution is 0.0509. The minimum atomic E-state index is -0.510. The lowest BCUT2D eigenvalue weighted by atomic mass is 10.2. The maximum absolute atomic E-state index is 11.7. The lowest BCUT2D eigenvalue weighted by Crippen LogP contribution is -2.40. The van der Waals surface area contributed by atoms with Gasteiger partial charge in [0.1, 0.15) is 10.5 Å². The summed E-state index contributed by atoms with van der Waals surface area (Å²) in [5, 5.41) is 3.78. The SMILES string of the molecule is CC(C)(C)OC(=O)NC1CCN(c2nc(Cl)c(C=O)s2)C1. The number of nitrogens with one attached hydrogen (secondary N) is 1. The average Bonchev–Trinajstić information content (AvgIpc) is 2.93. The number of carbonyl (C=O) groups excluding carboxylic acids is 2. The second kappa shape index (κ2) is 6.19. The van der Waals surface area contributed by atoms with E-state index in [4.69, 9.17) is 16.3 Å². The van der Waals surface area contributed by atoms with Gasteiger partial charge in [-0.05, 0) is 27.2 Å². The van der Waals surface area contributed by atoms with Crippen LogP contribution in [0, 0.1) is 0 Å². The highest BCUT2D eigenvalue weighted by atomic mass is 35.5. The molecule has 0 radical (unpaired) electrons. The number of aromatic nitrogens is 1. The number of carbonyl (C=O) groups is 2. The fourth-order valence-electron chi connectivity index (χ4n) is 2.04. The van der Waals surface area contributed by atoms with E-state index in [0.717, 1.165) is 13.0 Å². The van der Waals surface area contributed by atoms with E-state index in [1.165, 1.54) is 11.3 Å². The molecule has 1 aliphatic heterocycles. The third-order valence-electron chi connectivity index (χ3n) is 2.89. The maximum Gasteiger partial charge on any atom is 0.407 e. The molecule has 0 spiro atoms. The number of hydrogen-bond donors (Lipinski definition) is 1. The number of alkyl carbamates (subject to hydrolysis) is 1. The van der Waals surface area contributed by atoms with Crippen molar-refractivity contribution in [3.05, 3.63) is 10.0 Å². The highest BCUT2D eigenvalue weighted by Crippen LogP contribution is 2.30. The summed E-state index contributed by atoms with van der Waals surface area (Å²) in [6.45, 7) is 6.86. The van der Waals surface area contributed by atoms with Gasteiger partial charge in [-0.15, -0.1) is 0 Å². The number of amides is 1. The molecule has 116 valence electrons. The molecule has 1 aromatic heterocycles. The molecule has 1 saturated heterocycles. The van der Waals surface area contributed by atoms with Crippen LogP contribution in [0.2, 0.25) is 5.15 Å². The van der Waals surface area contributed by atoms with Gasteiger partial charge in [-0.1, -0.05) is 22.9 Å². The highest BCUT2D eigenvalue weighted by Gasteiger charge is 2.28. The smallest absolute Gasteiger partial charge is 0.407 e. The van der Waals surface area contributed by atoms with Gasteiger partial charge in [0.2, 0.25) is 0 Å². The Bertz CT molecular complexity index is 541. The fraction of sp³-hybridized carbons (Fsp3) is 0.615. The molecule has 1 N–H and O–H groups in total. The van der Waals surface area contributed by atoms with Crippen LogP contribution < -0.4 is 10.2 Å². The van der Waals surface area contributed by atoms with Gasteiger partial charge in [-0.3, -0.25) is 4.79 Å². The first-order valence-electron chi connectivity index (χ1n) is 6.64. The zero-order chi connectivity index (χ0) is 15.6. The van der Waals surface area contributed by atoms with Crippen LogP contribution in [0.4, 0.5) is 9.93 Å². The van der Waals surface area contributed by atoms with Crippen molar-refractivity contribution in [2.75, 3.05) is 18.0 Å². The van der Waals surface area contributed by atoms with Crippen LogP contribution in [-0.2, 0) is 4.74 Å². The molecule has 0 aliphatic carbocycles. The standard InChI is InChI=1S/C13H18ClN3O3S/c1-13(2,3)20-12(19)15-8-4-5-17(6-8)11-16-10(14)9(7-18)21-11/h7-8H,4-6H2,1-3H3,(H,15,19). The van der Waals surface area contributed by atoms with Crippen molar-refractivity contribution in [2.45, 2.75) is 38.8 Å². The largest absolute Gasteiger partial charge is 0.444 e. The van der Waals surface area contributed by atoms with E-state index in [9.17, 15) is 9.59 Å². The average molecular weight is 332 g/mol. The van der Waals surface area contributed by atoms with E-state index in [-0.39, 0.29) is 11.2 Å². The van der Waals surface area contributed by atoms with Gasteiger partial charge in [0, 0.05) is 13.1 Å². The number of rotatable bonds is 3. The van der Waals surface area contributed by atoms with Crippen molar-refractivity contribution in [3.8, 4) is 0 Å². The van der Waals surface area contributed by atoms with Gasteiger partial charge in [0.15, 0.2) is 16.6 Å². The molecular weight excluding hydrogens is 314 g/mol. The van der Waals surface area contributed by atoms with E-state index < -0.39 is 11.7 Å². The topological polar surface area (TPSA) is 71.5 Å². The zero-order valence-electron chi connectivity index (χ0n) is 12.2. The van der Waals surface area contributed by atoms with Crippen LogP contribution >= 0.6 is 22.9 Å². The Morgan fingerprint density at radius 2 is 2.29 bits per heavy atom. The molecule has 1 amide bonds. The van der Waals surface area contributed by atoms with Gasteiger partial charge in [0.05, 0.1) is 6.04 Å². The predicted molar refractivity (Wildman–Crippen MR) is 82.5 cm³/mol. The molecule has 1 fully saturated rings. The Kier molecular flexibility index (Phi) is 4.73. The molecule has 2 heterocycles. The number of aldehydes is 1. The van der Waals surface area contributed by atoms with E-state index in [1.807, 2.05) is 25.7 Å². The summed E-state index contributed by atoms with van der Waals surface area (Å²) in [5.74, 6) is 0. The summed E-state index contributed by atoms with van der Waals surface area (Å²) in [7, 11) is 0. The lowest BCUT2D eigenvalue weighted by Gasteiger charge is -2.21. The minimum absolute atomic E-state index is 0.00204. The molecule has 6 nitrogen and oxygen atoms in total. The number of nitrogens with zero attached hydrogens (tertiary/aromatic N) is 2. The molecule has 8 heteroatoms. The first-order valence-corrected chi connectivity index (χ1v) is 7.84. The maximum atomic E-state index is 11.7. The van der Waals surface area contributed by atoms with Crippen molar-refractivity contribution in [3.63, 3.8) is 0 Å². The third-order valence-corrected chi connectivity index (χ3v) is 4.33. The van der Waals surface area contributed by atoms with Crippen molar-refractivity contribution >= 4 is 40.4 Å². The molecule has 1 aliphatic rings. The quantitative estimate of drug-likeness (QED) is 0.862. The summed E-state index contributed by atoms with van der Waals surface area (Å²) in [6, 6.07) is 0.00204. The van der Waals surface area contributed by atoms with Crippen molar-refractivity contribution < 1.29 is 14.3 Å². The molecule has 0 aromatic carbocycles. The normalized spacial score (nSPS) is 18.7. The Morgan fingerprint density at radius 3 is 2.86 bits per heavy atom. The summed E-state index contributed by atoms with van der Waals surface area (Å²) in [5.41, 5.74) is -0.510. The van der Waals surface area contributed by atoms with Crippen molar-refractivity contribution in [1.29, 1.82) is 0 Å². The summed E-state index contributed by atoms with van der Waals surface area (Å²) in [6.07, 6.45) is 1.09. The van der Waals surface area contributed by atoms with E-state index in [2.05, 4.69) is 10.3 Å². The van der Waals surface area contributed by atoms with E-state index in [1.54, 1.807) is 0 Å². The monoisotopic (exact) mass is 331 g/mol. The fourth-order valence-corrected chi connectivity index (χ4v) is 3.13. The third kappa shape index (κ3) is 4.31. The molecule has 1 aromatic rings. The number of ether oxygens (including phenoxy) is 1. The second-order valence-corrected chi connectivity index (χ2v) is 7.21. The van der Waals surface area contributed by atoms with Gasteiger partial charge in [-0.25, -0.2) is 9.78 Å². The van der Waals surface area contributed by atoms with E-state index in [0.29, 0.717) is 22.8 Å². The van der Waals surface area contributed by atoms with E-state index >= 15 is 0 Å². The van der Waals surface area contributed by atoms with Gasteiger partial charge in [0.25, 0.3) is 0 Å². The predicted octanol–water partition coefficient (Wildman–Crippen LogP) is 2.71. The molecule has 21 heavy (non-hydrogen) atoms. The summed E-state index contributed by atoms with van der Waals surface area (Å²) >= 11 is 7.13. The Hall–Kier alpha value is -1.34. The Balaban J connectivity index is 1.91. The first-order chi connectivity index (χ1) is 9.78. The number of halogens is 1. The summed E-state index contributed by atoms with van der Waals surface area (Å²) < 4.78 is 5.23. The van der Waals surface area contributed by atoms with Gasteiger partial charge < -0.3 is 15.0 Å². The minimum Gasteiger partial charge on any atom is -0.444 e. The molecule has 1 atom stereocenters. The highest BCUT2D eigenvalue weighted by molar-refractivity contribution is 7.17. The van der Waals surface area contributed by atoms with Crippen LogP contribution in [0.1, 0.15) is 36.9 Å². The van der Waals surface area contributed by atoms with Gasteiger partial charge in [-0.2, -0.15) is 0 Å². The van der Waals surface area contributed by atoms with Crippen LogP contribution in [0.15, 0.2) is 0 Å². The molecule has 0 saturated carbocycles. The number of anilines is 1. The van der Waals surface area contributed by atoms with Crippen LogP contribution in [0.3, 0.4) is 0 Å². The molecule has 0 bridgehead atoms. The first kappa shape index (κ1) is 16.0. The van der Waals surface area contributed by atoms with Crippen LogP contribution in [0.25, 0.3) is 0 Å². The van der Waals surface area contributed by atoms with Crippen LogP contribution in [-0.4, -0.2) is 42.1 Å². The van der Waals surface area contributed by atoms with Crippen LogP contribution in [0.5, 0.6) is 0 Å². The van der Waals surface area contributed by atoms with Crippen molar-refractivity contribution in [2.24, 2.45) is 0 Å². The second-order valence-electron chi connectivity index (χ2n) is 5.85. The molecule has 2 rings (SSSR count). The van der Waals surface area contributed by atoms with Gasteiger partial charge >= 0.3 is 6.09 Å². The van der Waals surface area contributed by atoms with Crippen molar-refractivity contribution in [1.82, 2.24) is 10.3 Å². The Morgan fingerprint density at radius 1 is 1.57 bits per heavy atom. The zero-order valence-corrected chi connectivity index (χ0v) is 13.8. The summed E-state index contributed by atoms with van der Waals surface area (Å²) in [4.78, 5) is 29.1. The molecule has 1 unspecified atom stereocenters. The molecular formula is C13H18ClN3O3S.